The minimum atomic E-state index is -0.999. The Kier molecular flexibility index (Phi) is 7.11. The Morgan fingerprint density at radius 3 is 2.10 bits per heavy atom. The molecule has 0 spiro atoms. The van der Waals surface area contributed by atoms with Crippen molar-refractivity contribution in [1.82, 2.24) is 0 Å². The molecule has 0 heterocycles. The molecule has 1 atom stereocenters. The van der Waals surface area contributed by atoms with Gasteiger partial charge in [-0.25, -0.2) is 4.79 Å². The third-order valence-electron chi connectivity index (χ3n) is 4.37. The van der Waals surface area contributed by atoms with Gasteiger partial charge in [-0.15, -0.1) is 0 Å². The largest absolute Gasteiger partial charge is 0.493 e. The number of carbonyl (C=O) groups excluding carboxylic acids is 2. The van der Waals surface area contributed by atoms with Crippen LogP contribution in [0.5, 0.6) is 23.0 Å². The maximum Gasteiger partial charge on any atom is 0.339 e. The minimum absolute atomic E-state index is 0.250. The second-order valence-electron chi connectivity index (χ2n) is 6.55. The average Bonchev–Trinajstić information content (AvgIpc) is 2.80. The highest BCUT2D eigenvalue weighted by molar-refractivity contribution is 5.97. The number of carbonyl (C=O) groups is 2. The van der Waals surface area contributed by atoms with Crippen LogP contribution in [0.2, 0.25) is 0 Å². The van der Waals surface area contributed by atoms with Crippen molar-refractivity contribution in [2.24, 2.45) is 0 Å². The van der Waals surface area contributed by atoms with Gasteiger partial charge < -0.3 is 24.3 Å². The third-order valence-corrected chi connectivity index (χ3v) is 4.37. The second-order valence-corrected chi connectivity index (χ2v) is 6.55. The number of para-hydroxylation sites is 1. The van der Waals surface area contributed by atoms with Gasteiger partial charge in [-0.2, -0.15) is 0 Å². The lowest BCUT2D eigenvalue weighted by Gasteiger charge is -2.15. The van der Waals surface area contributed by atoms with Crippen LogP contribution >= 0.6 is 0 Å². The molecular formula is C24H23NO6. The quantitative estimate of drug-likeness (QED) is 0.532. The van der Waals surface area contributed by atoms with Gasteiger partial charge in [-0.1, -0.05) is 18.2 Å². The molecule has 7 nitrogen and oxygen atoms in total. The summed E-state index contributed by atoms with van der Waals surface area (Å²) in [4.78, 5) is 24.8. The standard InChI is InChI=1S/C24H23NO6/c1-16(30-24(27)17-9-14-21(28-2)22(15-17)29-3)23(26)25-18-10-12-20(13-11-18)31-19-7-5-4-6-8-19/h4-16H,1-3H3,(H,25,26)/t16-/m0/s1. The topological polar surface area (TPSA) is 83.1 Å². The normalized spacial score (nSPS) is 11.2. The average molecular weight is 421 g/mol. The summed E-state index contributed by atoms with van der Waals surface area (Å²) in [6.45, 7) is 1.50. The van der Waals surface area contributed by atoms with E-state index in [1.165, 1.54) is 27.2 Å². The Hall–Kier alpha value is -4.00. The van der Waals surface area contributed by atoms with Crippen molar-refractivity contribution in [3.63, 3.8) is 0 Å². The number of amides is 1. The van der Waals surface area contributed by atoms with Crippen molar-refractivity contribution in [3.8, 4) is 23.0 Å². The van der Waals surface area contributed by atoms with Crippen LogP contribution < -0.4 is 19.5 Å². The number of rotatable bonds is 8. The number of esters is 1. The molecule has 0 saturated heterocycles. The fourth-order valence-corrected chi connectivity index (χ4v) is 2.72. The number of ether oxygens (including phenoxy) is 4. The number of hydrogen-bond acceptors (Lipinski definition) is 6. The highest BCUT2D eigenvalue weighted by Crippen LogP contribution is 2.28. The maximum absolute atomic E-state index is 12.4. The lowest BCUT2D eigenvalue weighted by atomic mass is 10.2. The Labute approximate surface area is 180 Å². The van der Waals surface area contributed by atoms with Gasteiger partial charge in [-0.05, 0) is 61.5 Å². The summed E-state index contributed by atoms with van der Waals surface area (Å²) in [5.41, 5.74) is 0.805. The van der Waals surface area contributed by atoms with E-state index in [0.717, 1.165) is 5.75 Å². The van der Waals surface area contributed by atoms with Crippen molar-refractivity contribution in [3.05, 3.63) is 78.4 Å². The number of methoxy groups -OCH3 is 2. The molecule has 160 valence electrons. The molecule has 3 aromatic rings. The number of anilines is 1. The smallest absolute Gasteiger partial charge is 0.339 e. The third kappa shape index (κ3) is 5.76. The summed E-state index contributed by atoms with van der Waals surface area (Å²) < 4.78 is 21.3. The molecule has 1 N–H and O–H groups in total. The molecule has 31 heavy (non-hydrogen) atoms. The number of hydrogen-bond donors (Lipinski definition) is 1. The Morgan fingerprint density at radius 1 is 0.806 bits per heavy atom. The van der Waals surface area contributed by atoms with Crippen LogP contribution in [0.1, 0.15) is 17.3 Å². The van der Waals surface area contributed by atoms with E-state index in [1.807, 2.05) is 30.3 Å². The summed E-state index contributed by atoms with van der Waals surface area (Å²) in [7, 11) is 2.97. The predicted octanol–water partition coefficient (Wildman–Crippen LogP) is 4.68. The molecule has 0 bridgehead atoms. The molecular weight excluding hydrogens is 398 g/mol. The van der Waals surface area contributed by atoms with Crippen molar-refractivity contribution in [2.45, 2.75) is 13.0 Å². The highest BCUT2D eigenvalue weighted by Gasteiger charge is 2.20. The van der Waals surface area contributed by atoms with E-state index in [2.05, 4.69) is 5.32 Å². The molecule has 3 aromatic carbocycles. The lowest BCUT2D eigenvalue weighted by Crippen LogP contribution is -2.30. The molecule has 7 heteroatoms. The SMILES string of the molecule is COc1ccc(C(=O)O[C@@H](C)C(=O)Nc2ccc(Oc3ccccc3)cc2)cc1OC. The molecule has 0 fully saturated rings. The van der Waals surface area contributed by atoms with Gasteiger partial charge in [0, 0.05) is 5.69 Å². The summed E-state index contributed by atoms with van der Waals surface area (Å²) in [6, 6.07) is 20.9. The van der Waals surface area contributed by atoms with E-state index in [9.17, 15) is 9.59 Å². The van der Waals surface area contributed by atoms with Crippen LogP contribution in [0.4, 0.5) is 5.69 Å². The monoisotopic (exact) mass is 421 g/mol. The first kappa shape index (κ1) is 21.7. The van der Waals surface area contributed by atoms with Crippen molar-refractivity contribution >= 4 is 17.6 Å². The van der Waals surface area contributed by atoms with Crippen LogP contribution in [-0.2, 0) is 9.53 Å². The summed E-state index contributed by atoms with van der Waals surface area (Å²) in [5.74, 6) is 1.14. The van der Waals surface area contributed by atoms with Gasteiger partial charge >= 0.3 is 5.97 Å². The first-order valence-electron chi connectivity index (χ1n) is 9.57. The first-order chi connectivity index (χ1) is 15.0. The van der Waals surface area contributed by atoms with Gasteiger partial charge in [0.15, 0.2) is 17.6 Å². The fourth-order valence-electron chi connectivity index (χ4n) is 2.72. The van der Waals surface area contributed by atoms with E-state index < -0.39 is 18.0 Å². The molecule has 3 rings (SSSR count). The van der Waals surface area contributed by atoms with Crippen molar-refractivity contribution in [1.29, 1.82) is 0 Å². The lowest BCUT2D eigenvalue weighted by molar-refractivity contribution is -0.123. The molecule has 0 saturated carbocycles. The summed E-state index contributed by atoms with van der Waals surface area (Å²) in [5, 5.41) is 2.71. The van der Waals surface area contributed by atoms with E-state index in [-0.39, 0.29) is 5.56 Å². The van der Waals surface area contributed by atoms with Crippen LogP contribution in [-0.4, -0.2) is 32.2 Å². The highest BCUT2D eigenvalue weighted by atomic mass is 16.5. The van der Waals surface area contributed by atoms with Gasteiger partial charge in [0.05, 0.1) is 19.8 Å². The number of nitrogens with one attached hydrogen (secondary N) is 1. The van der Waals surface area contributed by atoms with Gasteiger partial charge in [0.2, 0.25) is 0 Å². The molecule has 0 radical (unpaired) electrons. The van der Waals surface area contributed by atoms with Gasteiger partial charge in [0.25, 0.3) is 5.91 Å². The molecule has 0 unspecified atom stereocenters. The van der Waals surface area contributed by atoms with Gasteiger partial charge in [0.1, 0.15) is 11.5 Å². The van der Waals surface area contributed by atoms with E-state index in [4.69, 9.17) is 18.9 Å². The Balaban J connectivity index is 1.57. The van der Waals surface area contributed by atoms with Crippen LogP contribution in [0.3, 0.4) is 0 Å². The van der Waals surface area contributed by atoms with Crippen molar-refractivity contribution in [2.75, 3.05) is 19.5 Å². The second kappa shape index (κ2) is 10.2. The maximum atomic E-state index is 12.4. The fraction of sp³-hybridized carbons (Fsp3) is 0.167. The van der Waals surface area contributed by atoms with E-state index in [0.29, 0.717) is 22.9 Å². The zero-order valence-corrected chi connectivity index (χ0v) is 17.5. The van der Waals surface area contributed by atoms with Crippen LogP contribution in [0.15, 0.2) is 72.8 Å². The zero-order chi connectivity index (χ0) is 22.2. The Bertz CT molecular complexity index is 1030. The van der Waals surface area contributed by atoms with Crippen LogP contribution in [0, 0.1) is 0 Å². The molecule has 0 aromatic heterocycles. The van der Waals surface area contributed by atoms with E-state index in [1.54, 1.807) is 36.4 Å². The first-order valence-corrected chi connectivity index (χ1v) is 9.57. The van der Waals surface area contributed by atoms with Crippen LogP contribution in [0.25, 0.3) is 0 Å². The molecule has 0 aliphatic rings. The molecule has 0 aliphatic heterocycles. The number of benzene rings is 3. The van der Waals surface area contributed by atoms with Crippen molar-refractivity contribution < 1.29 is 28.5 Å². The van der Waals surface area contributed by atoms with Gasteiger partial charge in [-0.3, -0.25) is 4.79 Å². The molecule has 1 amide bonds. The Morgan fingerprint density at radius 2 is 1.45 bits per heavy atom. The predicted molar refractivity (Wildman–Crippen MR) is 116 cm³/mol. The molecule has 0 aliphatic carbocycles. The summed E-state index contributed by atoms with van der Waals surface area (Å²) in [6.07, 6.45) is -0.999. The summed E-state index contributed by atoms with van der Waals surface area (Å²) >= 11 is 0. The minimum Gasteiger partial charge on any atom is -0.493 e. The zero-order valence-electron chi connectivity index (χ0n) is 17.5. The van der Waals surface area contributed by atoms with E-state index >= 15 is 0 Å².